The normalized spacial score (nSPS) is 15.8. The van der Waals surface area contributed by atoms with Crippen LogP contribution in [-0.4, -0.2) is 28.5 Å². The van der Waals surface area contributed by atoms with Crippen LogP contribution in [-0.2, 0) is 12.8 Å². The second-order valence-corrected chi connectivity index (χ2v) is 10.1. The van der Waals surface area contributed by atoms with E-state index in [0.717, 1.165) is 64.0 Å². The minimum atomic E-state index is 0.365. The molecule has 4 aromatic rings. The fraction of sp³-hybridized carbons (Fsp3) is 0.172. The minimum Gasteiger partial charge on any atom is -0.495 e. The molecule has 2 aliphatic rings. The molecule has 1 heterocycles. The van der Waals surface area contributed by atoms with E-state index in [1.807, 2.05) is 60.7 Å². The van der Waals surface area contributed by atoms with Crippen LogP contribution in [0.3, 0.4) is 0 Å². The molecule has 0 unspecified atom stereocenters. The first-order valence-corrected chi connectivity index (χ1v) is 13.3. The van der Waals surface area contributed by atoms with Gasteiger partial charge in [0.15, 0.2) is 11.6 Å². The van der Waals surface area contributed by atoms with Crippen LogP contribution >= 0.6 is 23.2 Å². The fourth-order valence-electron chi connectivity index (χ4n) is 4.84. The van der Waals surface area contributed by atoms with Crippen LogP contribution in [0, 0.1) is 0 Å². The van der Waals surface area contributed by atoms with E-state index in [4.69, 9.17) is 27.9 Å². The Balaban J connectivity index is 1.30. The molecular formula is C29H25Cl2N7O. The summed E-state index contributed by atoms with van der Waals surface area (Å²) in [5.41, 5.74) is 13.5. The molecule has 3 aromatic carbocycles. The number of anilines is 4. The average Bonchev–Trinajstić information content (AvgIpc) is 3.53. The lowest BCUT2D eigenvalue weighted by molar-refractivity contribution is 0.417. The lowest BCUT2D eigenvalue weighted by Crippen LogP contribution is -2.07. The number of nitrogens with one attached hydrogen (secondary N) is 3. The highest BCUT2D eigenvalue weighted by atomic mass is 35.5. The Labute approximate surface area is 236 Å². The SMILES string of the molecule is COc1ccccc1Nc1nc(NN=C2CCc3cc(Cl)ccc32)cc(NN=C2CCc3cc(Cl)ccc32)n1. The Hall–Kier alpha value is -4.14. The molecule has 3 N–H and O–H groups in total. The Bertz CT molecular complexity index is 1530. The number of benzene rings is 3. The van der Waals surface area contributed by atoms with Crippen molar-refractivity contribution >= 4 is 57.9 Å². The molecule has 0 amide bonds. The number of hydrogen-bond donors (Lipinski definition) is 3. The molecule has 2 aliphatic carbocycles. The maximum absolute atomic E-state index is 6.17. The van der Waals surface area contributed by atoms with E-state index in [2.05, 4.69) is 36.3 Å². The molecule has 0 atom stereocenters. The zero-order chi connectivity index (χ0) is 26.8. The number of rotatable bonds is 7. The number of halogens is 2. The summed E-state index contributed by atoms with van der Waals surface area (Å²) < 4.78 is 5.48. The van der Waals surface area contributed by atoms with Crippen molar-refractivity contribution < 1.29 is 4.74 Å². The van der Waals surface area contributed by atoms with Gasteiger partial charge in [-0.3, -0.25) is 10.9 Å². The van der Waals surface area contributed by atoms with Crippen molar-refractivity contribution in [1.29, 1.82) is 0 Å². The van der Waals surface area contributed by atoms with Crippen LogP contribution in [0.1, 0.15) is 35.1 Å². The summed E-state index contributed by atoms with van der Waals surface area (Å²) in [6.07, 6.45) is 3.44. The minimum absolute atomic E-state index is 0.365. The molecule has 6 rings (SSSR count). The quantitative estimate of drug-likeness (QED) is 0.210. The van der Waals surface area contributed by atoms with Gasteiger partial charge in [0.2, 0.25) is 5.95 Å². The summed E-state index contributed by atoms with van der Waals surface area (Å²) in [6.45, 7) is 0. The van der Waals surface area contributed by atoms with Gasteiger partial charge < -0.3 is 10.1 Å². The van der Waals surface area contributed by atoms with Gasteiger partial charge >= 0.3 is 0 Å². The lowest BCUT2D eigenvalue weighted by Gasteiger charge is -2.12. The molecule has 0 bridgehead atoms. The van der Waals surface area contributed by atoms with E-state index >= 15 is 0 Å². The van der Waals surface area contributed by atoms with Crippen molar-refractivity contribution in [3.8, 4) is 5.75 Å². The van der Waals surface area contributed by atoms with Crippen LogP contribution in [0.4, 0.5) is 23.3 Å². The van der Waals surface area contributed by atoms with Crippen LogP contribution in [0.2, 0.25) is 10.0 Å². The first kappa shape index (κ1) is 25.2. The highest BCUT2D eigenvalue weighted by molar-refractivity contribution is 6.31. The van der Waals surface area contributed by atoms with Crippen LogP contribution in [0.25, 0.3) is 0 Å². The van der Waals surface area contributed by atoms with E-state index < -0.39 is 0 Å². The third-order valence-electron chi connectivity index (χ3n) is 6.71. The van der Waals surface area contributed by atoms with Gasteiger partial charge in [0.25, 0.3) is 0 Å². The number of nitrogens with zero attached hydrogens (tertiary/aromatic N) is 4. The summed E-state index contributed by atoms with van der Waals surface area (Å²) in [5, 5.41) is 14.1. The van der Waals surface area contributed by atoms with Crippen molar-refractivity contribution in [2.45, 2.75) is 25.7 Å². The highest BCUT2D eigenvalue weighted by Crippen LogP contribution is 2.29. The van der Waals surface area contributed by atoms with Gasteiger partial charge in [0, 0.05) is 27.2 Å². The van der Waals surface area contributed by atoms with Gasteiger partial charge in [-0.25, -0.2) is 0 Å². The van der Waals surface area contributed by atoms with Crippen molar-refractivity contribution in [2.24, 2.45) is 10.2 Å². The summed E-state index contributed by atoms with van der Waals surface area (Å²) >= 11 is 12.3. The number of aryl methyl sites for hydroxylation is 2. The molecule has 196 valence electrons. The third-order valence-corrected chi connectivity index (χ3v) is 7.18. The van der Waals surface area contributed by atoms with E-state index in [9.17, 15) is 0 Å². The summed E-state index contributed by atoms with van der Waals surface area (Å²) in [5.74, 6) is 2.07. The lowest BCUT2D eigenvalue weighted by atomic mass is 10.1. The molecule has 8 nitrogen and oxygen atoms in total. The van der Waals surface area contributed by atoms with Gasteiger partial charge in [-0.2, -0.15) is 20.2 Å². The monoisotopic (exact) mass is 557 g/mol. The summed E-state index contributed by atoms with van der Waals surface area (Å²) in [7, 11) is 1.62. The second-order valence-electron chi connectivity index (χ2n) is 9.23. The van der Waals surface area contributed by atoms with Gasteiger partial charge in [0.1, 0.15) is 5.75 Å². The predicted octanol–water partition coefficient (Wildman–Crippen LogP) is 7.06. The molecular weight excluding hydrogens is 533 g/mol. The van der Waals surface area contributed by atoms with Crippen molar-refractivity contribution in [3.63, 3.8) is 0 Å². The molecule has 0 fully saturated rings. The maximum atomic E-state index is 6.17. The Kier molecular flexibility index (Phi) is 7.04. The Morgan fingerprint density at radius 3 is 1.85 bits per heavy atom. The molecule has 0 saturated heterocycles. The second kappa shape index (κ2) is 10.9. The number of hydrazone groups is 2. The average molecular weight is 558 g/mol. The van der Waals surface area contributed by atoms with Gasteiger partial charge in [-0.15, -0.1) is 0 Å². The van der Waals surface area contributed by atoms with Crippen LogP contribution in [0.5, 0.6) is 5.75 Å². The van der Waals surface area contributed by atoms with Crippen LogP contribution < -0.4 is 20.9 Å². The number of fused-ring (bicyclic) bond motifs is 2. The van der Waals surface area contributed by atoms with E-state index in [1.165, 1.54) is 11.1 Å². The Morgan fingerprint density at radius 2 is 1.28 bits per heavy atom. The molecule has 0 aliphatic heterocycles. The van der Waals surface area contributed by atoms with Crippen molar-refractivity contribution in [1.82, 2.24) is 9.97 Å². The summed E-state index contributed by atoms with van der Waals surface area (Å²) in [4.78, 5) is 9.28. The third kappa shape index (κ3) is 5.53. The number of aromatic nitrogens is 2. The Morgan fingerprint density at radius 1 is 0.718 bits per heavy atom. The van der Waals surface area contributed by atoms with Gasteiger partial charge in [-0.05, 0) is 73.2 Å². The van der Waals surface area contributed by atoms with Crippen molar-refractivity contribution in [3.05, 3.63) is 99.0 Å². The number of methoxy groups -OCH3 is 1. The number of ether oxygens (including phenoxy) is 1. The maximum Gasteiger partial charge on any atom is 0.231 e. The highest BCUT2D eigenvalue weighted by Gasteiger charge is 2.19. The zero-order valence-corrected chi connectivity index (χ0v) is 22.6. The number of hydrogen-bond acceptors (Lipinski definition) is 8. The van der Waals surface area contributed by atoms with E-state index in [0.29, 0.717) is 23.3 Å². The van der Waals surface area contributed by atoms with Crippen LogP contribution in [0.15, 0.2) is 76.9 Å². The molecule has 1 aromatic heterocycles. The van der Waals surface area contributed by atoms with E-state index in [-0.39, 0.29) is 0 Å². The van der Waals surface area contributed by atoms with Gasteiger partial charge in [-0.1, -0.05) is 47.5 Å². The van der Waals surface area contributed by atoms with Crippen molar-refractivity contribution in [2.75, 3.05) is 23.3 Å². The summed E-state index contributed by atoms with van der Waals surface area (Å²) in [6, 6.07) is 21.1. The molecule has 0 spiro atoms. The fourth-order valence-corrected chi connectivity index (χ4v) is 5.23. The number of para-hydroxylation sites is 2. The molecule has 0 radical (unpaired) electrons. The molecule has 0 saturated carbocycles. The smallest absolute Gasteiger partial charge is 0.231 e. The zero-order valence-electron chi connectivity index (χ0n) is 21.1. The molecule has 10 heteroatoms. The largest absolute Gasteiger partial charge is 0.495 e. The first-order valence-electron chi connectivity index (χ1n) is 12.6. The standard InChI is InChI=1S/C29H25Cl2N7O/c1-39-26-5-3-2-4-25(26)32-29-33-27(37-35-23-12-6-17-14-19(30)8-10-21(17)23)16-28(34-29)38-36-24-13-7-18-15-20(31)9-11-22(18)24/h2-5,8-11,14-16H,6-7,12-13H2,1H3,(H3,32,33,34,37,38). The molecule has 39 heavy (non-hydrogen) atoms. The van der Waals surface area contributed by atoms with E-state index in [1.54, 1.807) is 13.2 Å². The predicted molar refractivity (Wildman–Crippen MR) is 158 cm³/mol. The van der Waals surface area contributed by atoms with Gasteiger partial charge in [0.05, 0.1) is 24.2 Å². The first-order chi connectivity index (χ1) is 19.1. The topological polar surface area (TPSA) is 95.8 Å².